The average Bonchev–Trinajstić information content (AvgIpc) is 2.38. The maximum absolute atomic E-state index is 11.0. The molecule has 0 unspecified atom stereocenters. The number of benzene rings is 1. The lowest BCUT2D eigenvalue weighted by molar-refractivity contribution is 0.0693. The van der Waals surface area contributed by atoms with Gasteiger partial charge in [0.05, 0.1) is 0 Å². The monoisotopic (exact) mass is 274 g/mol. The van der Waals surface area contributed by atoms with Crippen LogP contribution >= 0.6 is 0 Å². The Morgan fingerprint density at radius 3 is 2.55 bits per heavy atom. The average molecular weight is 274 g/mol. The summed E-state index contributed by atoms with van der Waals surface area (Å²) in [4.78, 5) is 11.0. The van der Waals surface area contributed by atoms with Crippen molar-refractivity contribution in [3.05, 3.63) is 53.1 Å². The number of rotatable bonds is 7. The fraction of sp³-hybridized carbons (Fsp3) is 0.353. The number of carboxylic acids is 1. The van der Waals surface area contributed by atoms with Crippen LogP contribution in [-0.4, -0.2) is 17.7 Å². The third-order valence-electron chi connectivity index (χ3n) is 2.88. The van der Waals surface area contributed by atoms with Gasteiger partial charge < -0.3 is 9.84 Å². The highest BCUT2D eigenvalue weighted by atomic mass is 16.5. The molecule has 0 heterocycles. The highest BCUT2D eigenvalue weighted by Gasteiger charge is 2.09. The molecule has 0 aliphatic heterocycles. The minimum Gasteiger partial charge on any atom is -0.489 e. The van der Waals surface area contributed by atoms with Gasteiger partial charge in [-0.1, -0.05) is 29.4 Å². The molecule has 0 aliphatic rings. The smallest absolute Gasteiger partial charge is 0.339 e. The van der Waals surface area contributed by atoms with Gasteiger partial charge in [0.15, 0.2) is 0 Å². The van der Waals surface area contributed by atoms with E-state index in [1.54, 1.807) is 24.3 Å². The molecule has 20 heavy (non-hydrogen) atoms. The van der Waals surface area contributed by atoms with Crippen molar-refractivity contribution < 1.29 is 14.6 Å². The SMILES string of the molecule is CC(C)=CCCC(C)=CCOc1ccccc1C(=O)O. The topological polar surface area (TPSA) is 46.5 Å². The Morgan fingerprint density at radius 1 is 1.20 bits per heavy atom. The second-order valence-corrected chi connectivity index (χ2v) is 4.98. The van der Waals surface area contributed by atoms with Crippen molar-refractivity contribution in [2.24, 2.45) is 0 Å². The van der Waals surface area contributed by atoms with Crippen molar-refractivity contribution in [3.8, 4) is 5.75 Å². The summed E-state index contributed by atoms with van der Waals surface area (Å²) in [5.74, 6) is -0.557. The quantitative estimate of drug-likeness (QED) is 0.747. The summed E-state index contributed by atoms with van der Waals surface area (Å²) in [7, 11) is 0. The van der Waals surface area contributed by atoms with Crippen molar-refractivity contribution >= 4 is 5.97 Å². The van der Waals surface area contributed by atoms with E-state index in [9.17, 15) is 4.79 Å². The number of aromatic carboxylic acids is 1. The van der Waals surface area contributed by atoms with Crippen LogP contribution in [-0.2, 0) is 0 Å². The Bertz CT molecular complexity index is 509. The Hall–Kier alpha value is -2.03. The van der Waals surface area contributed by atoms with Crippen LogP contribution in [0.25, 0.3) is 0 Å². The molecule has 0 aliphatic carbocycles. The minimum atomic E-state index is -0.968. The first-order valence-corrected chi connectivity index (χ1v) is 6.75. The first kappa shape index (κ1) is 16.0. The van der Waals surface area contributed by atoms with Crippen LogP contribution in [0.4, 0.5) is 0 Å². The molecule has 1 N–H and O–H groups in total. The van der Waals surface area contributed by atoms with Gasteiger partial charge in [-0.25, -0.2) is 4.79 Å². The van der Waals surface area contributed by atoms with Crippen molar-refractivity contribution in [1.29, 1.82) is 0 Å². The molecule has 0 saturated heterocycles. The van der Waals surface area contributed by atoms with Gasteiger partial charge in [0.2, 0.25) is 0 Å². The maximum atomic E-state index is 11.0. The third kappa shape index (κ3) is 5.74. The fourth-order valence-electron chi connectivity index (χ4n) is 1.73. The number of ether oxygens (including phenoxy) is 1. The summed E-state index contributed by atoms with van der Waals surface area (Å²) in [5, 5.41) is 9.04. The molecule has 0 fully saturated rings. The van der Waals surface area contributed by atoms with Crippen molar-refractivity contribution in [3.63, 3.8) is 0 Å². The summed E-state index contributed by atoms with van der Waals surface area (Å²) >= 11 is 0. The minimum absolute atomic E-state index is 0.197. The van der Waals surface area contributed by atoms with E-state index in [-0.39, 0.29) is 5.56 Å². The molecule has 108 valence electrons. The molecule has 3 nitrogen and oxygen atoms in total. The van der Waals surface area contributed by atoms with Gasteiger partial charge in [-0.2, -0.15) is 0 Å². The molecule has 0 atom stereocenters. The van der Waals surface area contributed by atoms with Gasteiger partial charge in [0, 0.05) is 0 Å². The summed E-state index contributed by atoms with van der Waals surface area (Å²) in [6.07, 6.45) is 6.22. The van der Waals surface area contributed by atoms with E-state index in [0.717, 1.165) is 12.8 Å². The molecule has 0 saturated carbocycles. The highest BCUT2D eigenvalue weighted by molar-refractivity contribution is 5.90. The number of hydrogen-bond acceptors (Lipinski definition) is 2. The number of carbonyl (C=O) groups is 1. The lowest BCUT2D eigenvalue weighted by Gasteiger charge is -2.07. The number of hydrogen-bond donors (Lipinski definition) is 1. The number of para-hydroxylation sites is 1. The third-order valence-corrected chi connectivity index (χ3v) is 2.88. The predicted molar refractivity (Wildman–Crippen MR) is 81.3 cm³/mol. The van der Waals surface area contributed by atoms with Gasteiger partial charge >= 0.3 is 5.97 Å². The zero-order valence-electron chi connectivity index (χ0n) is 12.3. The van der Waals surface area contributed by atoms with Crippen molar-refractivity contribution in [1.82, 2.24) is 0 Å². The van der Waals surface area contributed by atoms with Gasteiger partial charge in [-0.3, -0.25) is 0 Å². The molecule has 0 aromatic heterocycles. The van der Waals surface area contributed by atoms with Gasteiger partial charge in [0.1, 0.15) is 17.9 Å². The molecule has 3 heteroatoms. The van der Waals surface area contributed by atoms with Crippen LogP contribution < -0.4 is 4.74 Å². The maximum Gasteiger partial charge on any atom is 0.339 e. The van der Waals surface area contributed by atoms with E-state index in [1.807, 2.05) is 6.08 Å². The summed E-state index contributed by atoms with van der Waals surface area (Å²) in [6.45, 7) is 6.63. The van der Waals surface area contributed by atoms with Crippen LogP contribution in [0.3, 0.4) is 0 Å². The molecule has 1 rings (SSSR count). The molecule has 0 spiro atoms. The highest BCUT2D eigenvalue weighted by Crippen LogP contribution is 2.18. The molecular weight excluding hydrogens is 252 g/mol. The van der Waals surface area contributed by atoms with Crippen molar-refractivity contribution in [2.45, 2.75) is 33.6 Å². The predicted octanol–water partition coefficient (Wildman–Crippen LogP) is 4.46. The molecule has 0 radical (unpaired) electrons. The van der Waals surface area contributed by atoms with Crippen LogP contribution in [0.15, 0.2) is 47.6 Å². The summed E-state index contributed by atoms with van der Waals surface area (Å²) in [5.41, 5.74) is 2.77. The fourth-order valence-corrected chi connectivity index (χ4v) is 1.73. The van der Waals surface area contributed by atoms with E-state index in [4.69, 9.17) is 9.84 Å². The molecule has 1 aromatic carbocycles. The summed E-state index contributed by atoms with van der Waals surface area (Å²) < 4.78 is 5.52. The van der Waals surface area contributed by atoms with Gasteiger partial charge in [0.25, 0.3) is 0 Å². The summed E-state index contributed by atoms with van der Waals surface area (Å²) in [6, 6.07) is 6.68. The Balaban J connectivity index is 2.51. The molecular formula is C17H22O3. The van der Waals surface area contributed by atoms with E-state index in [0.29, 0.717) is 12.4 Å². The molecule has 1 aromatic rings. The zero-order chi connectivity index (χ0) is 15.0. The lowest BCUT2D eigenvalue weighted by Crippen LogP contribution is -2.03. The number of allylic oxidation sites excluding steroid dienone is 3. The van der Waals surface area contributed by atoms with Crippen LogP contribution in [0.2, 0.25) is 0 Å². The standard InChI is InChI=1S/C17H22O3/c1-13(2)7-6-8-14(3)11-12-20-16-10-5-4-9-15(16)17(18)19/h4-5,7,9-11H,6,8,12H2,1-3H3,(H,18,19). The second-order valence-electron chi connectivity index (χ2n) is 4.98. The van der Waals surface area contributed by atoms with Gasteiger partial charge in [-0.05, 0) is 51.8 Å². The zero-order valence-corrected chi connectivity index (χ0v) is 12.3. The van der Waals surface area contributed by atoms with E-state index >= 15 is 0 Å². The largest absolute Gasteiger partial charge is 0.489 e. The Labute approximate surface area is 120 Å². The molecule has 0 amide bonds. The number of carboxylic acid groups (broad SMARTS) is 1. The van der Waals surface area contributed by atoms with Crippen molar-refractivity contribution in [2.75, 3.05) is 6.61 Å². The van der Waals surface area contributed by atoms with E-state index < -0.39 is 5.97 Å². The van der Waals surface area contributed by atoms with E-state index in [1.165, 1.54) is 11.1 Å². The Kier molecular flexibility index (Phi) is 6.57. The lowest BCUT2D eigenvalue weighted by atomic mass is 10.1. The van der Waals surface area contributed by atoms with Crippen LogP contribution in [0.5, 0.6) is 5.75 Å². The second kappa shape index (κ2) is 8.20. The van der Waals surface area contributed by atoms with Crippen LogP contribution in [0.1, 0.15) is 44.0 Å². The van der Waals surface area contributed by atoms with Crippen LogP contribution in [0, 0.1) is 0 Å². The van der Waals surface area contributed by atoms with E-state index in [2.05, 4.69) is 26.8 Å². The first-order valence-electron chi connectivity index (χ1n) is 6.75. The van der Waals surface area contributed by atoms with Gasteiger partial charge in [-0.15, -0.1) is 0 Å². The Morgan fingerprint density at radius 2 is 1.90 bits per heavy atom. The first-order chi connectivity index (χ1) is 9.50. The molecule has 0 bridgehead atoms. The normalized spacial score (nSPS) is 11.1.